The van der Waals surface area contributed by atoms with Crippen molar-refractivity contribution in [2.24, 2.45) is 10.9 Å². The Balaban J connectivity index is 0.000000816. The van der Waals surface area contributed by atoms with E-state index in [0.717, 1.165) is 0 Å². The van der Waals surface area contributed by atoms with Crippen molar-refractivity contribution in [3.05, 3.63) is 18.2 Å². The molecule has 0 saturated carbocycles. The number of aliphatic imine (C=N–C) groups is 1. The van der Waals surface area contributed by atoms with Crippen LogP contribution >= 0.6 is 0 Å². The summed E-state index contributed by atoms with van der Waals surface area (Å²) < 4.78 is 15.8. The van der Waals surface area contributed by atoms with Crippen LogP contribution in [-0.2, 0) is 19.1 Å². The van der Waals surface area contributed by atoms with Crippen molar-refractivity contribution < 1.29 is 28.6 Å². The van der Waals surface area contributed by atoms with Gasteiger partial charge in [0.15, 0.2) is 11.5 Å². The molecule has 7 nitrogen and oxygen atoms in total. The minimum absolute atomic E-state index is 0.0216. The summed E-state index contributed by atoms with van der Waals surface area (Å²) in [6.07, 6.45) is 0.0863. The van der Waals surface area contributed by atoms with Crippen LogP contribution < -0.4 is 9.47 Å². The standard InChI is InChI=1S/C15H19NO4.CO2/c1-9(2)14(15(17)20-10(3)4)16-11-5-6-12-13(7-11)19-8-18-12;2-1-3/h5-7,9-10H,8H2,1-4H3;. The van der Waals surface area contributed by atoms with Crippen LogP contribution in [0, 0.1) is 5.92 Å². The lowest BCUT2D eigenvalue weighted by Crippen LogP contribution is -2.25. The molecule has 0 radical (unpaired) electrons. The van der Waals surface area contributed by atoms with E-state index in [1.54, 1.807) is 18.2 Å². The van der Waals surface area contributed by atoms with Gasteiger partial charge in [-0.1, -0.05) is 13.8 Å². The molecule has 23 heavy (non-hydrogen) atoms. The lowest BCUT2D eigenvalue weighted by molar-refractivity contribution is -0.191. The molecule has 0 aliphatic carbocycles. The van der Waals surface area contributed by atoms with Crippen LogP contribution in [0.15, 0.2) is 23.2 Å². The maximum atomic E-state index is 12.0. The summed E-state index contributed by atoms with van der Waals surface area (Å²) in [6.45, 7) is 7.67. The first-order valence-corrected chi connectivity index (χ1v) is 7.07. The van der Waals surface area contributed by atoms with Gasteiger partial charge in [-0.15, -0.1) is 0 Å². The van der Waals surface area contributed by atoms with Gasteiger partial charge in [-0.25, -0.2) is 9.79 Å². The monoisotopic (exact) mass is 321 g/mol. The summed E-state index contributed by atoms with van der Waals surface area (Å²) in [5.41, 5.74) is 1.05. The highest BCUT2D eigenvalue weighted by Gasteiger charge is 2.19. The molecular weight excluding hydrogens is 302 g/mol. The average molecular weight is 321 g/mol. The van der Waals surface area contributed by atoms with E-state index < -0.39 is 0 Å². The number of benzene rings is 1. The molecule has 1 aliphatic heterocycles. The van der Waals surface area contributed by atoms with Gasteiger partial charge in [-0.2, -0.15) is 9.59 Å². The molecule has 0 amide bonds. The van der Waals surface area contributed by atoms with Crippen molar-refractivity contribution in [3.8, 4) is 11.5 Å². The van der Waals surface area contributed by atoms with Crippen LogP contribution in [0.3, 0.4) is 0 Å². The van der Waals surface area contributed by atoms with E-state index in [0.29, 0.717) is 22.9 Å². The van der Waals surface area contributed by atoms with Crippen LogP contribution in [0.2, 0.25) is 0 Å². The molecular formula is C16H19NO6. The highest BCUT2D eigenvalue weighted by Crippen LogP contribution is 2.35. The molecule has 0 bridgehead atoms. The van der Waals surface area contributed by atoms with Gasteiger partial charge >= 0.3 is 12.1 Å². The number of fused-ring (bicyclic) bond motifs is 1. The number of rotatable bonds is 4. The Labute approximate surface area is 134 Å². The van der Waals surface area contributed by atoms with Gasteiger partial charge in [0.2, 0.25) is 6.79 Å². The van der Waals surface area contributed by atoms with E-state index in [1.165, 1.54) is 0 Å². The van der Waals surface area contributed by atoms with Gasteiger partial charge in [0.25, 0.3) is 0 Å². The van der Waals surface area contributed by atoms with Crippen LogP contribution in [0.4, 0.5) is 5.69 Å². The summed E-state index contributed by atoms with van der Waals surface area (Å²) in [7, 11) is 0. The molecule has 0 fully saturated rings. The summed E-state index contributed by atoms with van der Waals surface area (Å²) in [4.78, 5) is 32.7. The topological polar surface area (TPSA) is 91.3 Å². The average Bonchev–Trinajstić information content (AvgIpc) is 2.91. The molecule has 7 heteroatoms. The molecule has 1 aromatic rings. The van der Waals surface area contributed by atoms with Gasteiger partial charge in [0.1, 0.15) is 5.71 Å². The number of carbonyl (C=O) groups excluding carboxylic acids is 3. The highest BCUT2D eigenvalue weighted by molar-refractivity contribution is 6.37. The Hall–Kier alpha value is -2.66. The van der Waals surface area contributed by atoms with Gasteiger partial charge in [-0.3, -0.25) is 0 Å². The molecule has 0 unspecified atom stereocenters. The van der Waals surface area contributed by atoms with Crippen molar-refractivity contribution >= 4 is 23.5 Å². The van der Waals surface area contributed by atoms with Gasteiger partial charge in [0.05, 0.1) is 11.8 Å². The van der Waals surface area contributed by atoms with E-state index in [-0.39, 0.29) is 30.9 Å². The van der Waals surface area contributed by atoms with E-state index >= 15 is 0 Å². The van der Waals surface area contributed by atoms with Gasteiger partial charge < -0.3 is 14.2 Å². The Bertz CT molecular complexity index is 615. The Morgan fingerprint density at radius 2 is 1.78 bits per heavy atom. The predicted octanol–water partition coefficient (Wildman–Crippen LogP) is 2.51. The number of hydrogen-bond acceptors (Lipinski definition) is 7. The second kappa shape index (κ2) is 8.70. The first-order valence-electron chi connectivity index (χ1n) is 7.07. The molecule has 2 rings (SSSR count). The quantitative estimate of drug-likeness (QED) is 0.625. The Kier molecular flexibility index (Phi) is 6.96. The molecule has 124 valence electrons. The number of esters is 1. The normalized spacial score (nSPS) is 12.5. The van der Waals surface area contributed by atoms with Gasteiger partial charge in [0, 0.05) is 12.0 Å². The van der Waals surface area contributed by atoms with E-state index in [2.05, 4.69) is 4.99 Å². The first kappa shape index (κ1) is 18.4. The molecule has 1 heterocycles. The number of ether oxygens (including phenoxy) is 3. The summed E-state index contributed by atoms with van der Waals surface area (Å²) in [6, 6.07) is 5.33. The lowest BCUT2D eigenvalue weighted by Gasteiger charge is -2.12. The van der Waals surface area contributed by atoms with Crippen molar-refractivity contribution in [1.82, 2.24) is 0 Å². The molecule has 0 spiro atoms. The summed E-state index contributed by atoms with van der Waals surface area (Å²) >= 11 is 0. The molecule has 0 aromatic heterocycles. The number of nitrogens with zero attached hydrogens (tertiary/aromatic N) is 1. The molecule has 1 aliphatic rings. The zero-order chi connectivity index (χ0) is 17.4. The van der Waals surface area contributed by atoms with Crippen molar-refractivity contribution in [2.45, 2.75) is 33.8 Å². The Morgan fingerprint density at radius 1 is 1.17 bits per heavy atom. The second-order valence-corrected chi connectivity index (χ2v) is 5.23. The van der Waals surface area contributed by atoms with Crippen molar-refractivity contribution in [3.63, 3.8) is 0 Å². The third kappa shape index (κ3) is 5.56. The zero-order valence-corrected chi connectivity index (χ0v) is 13.5. The van der Waals surface area contributed by atoms with E-state index in [4.69, 9.17) is 23.8 Å². The molecule has 1 aromatic carbocycles. The minimum atomic E-state index is -0.382. The van der Waals surface area contributed by atoms with Crippen LogP contribution in [0.5, 0.6) is 11.5 Å². The van der Waals surface area contributed by atoms with Crippen LogP contribution in [0.25, 0.3) is 0 Å². The highest BCUT2D eigenvalue weighted by atomic mass is 16.7. The minimum Gasteiger partial charge on any atom is -0.458 e. The third-order valence-electron chi connectivity index (χ3n) is 2.70. The van der Waals surface area contributed by atoms with E-state index in [1.807, 2.05) is 27.7 Å². The number of hydrogen-bond donors (Lipinski definition) is 0. The summed E-state index contributed by atoms with van der Waals surface area (Å²) in [5, 5.41) is 0. The molecule has 0 saturated heterocycles. The zero-order valence-electron chi connectivity index (χ0n) is 13.5. The van der Waals surface area contributed by atoms with Crippen molar-refractivity contribution in [2.75, 3.05) is 6.79 Å². The summed E-state index contributed by atoms with van der Waals surface area (Å²) in [5.74, 6) is 0.936. The van der Waals surface area contributed by atoms with Gasteiger partial charge in [-0.05, 0) is 26.0 Å². The third-order valence-corrected chi connectivity index (χ3v) is 2.70. The smallest absolute Gasteiger partial charge is 0.373 e. The maximum Gasteiger partial charge on any atom is 0.373 e. The Morgan fingerprint density at radius 3 is 2.35 bits per heavy atom. The van der Waals surface area contributed by atoms with Crippen LogP contribution in [-0.4, -0.2) is 30.7 Å². The SMILES string of the molecule is CC(C)OC(=O)C(=Nc1ccc2c(c1)OCO2)C(C)C.O=C=O. The fourth-order valence-electron chi connectivity index (χ4n) is 1.78. The molecule has 0 atom stereocenters. The van der Waals surface area contributed by atoms with E-state index in [9.17, 15) is 4.79 Å². The maximum absolute atomic E-state index is 12.0. The number of carbonyl (C=O) groups is 1. The lowest BCUT2D eigenvalue weighted by atomic mass is 10.1. The first-order chi connectivity index (χ1) is 10.9. The largest absolute Gasteiger partial charge is 0.458 e. The van der Waals surface area contributed by atoms with Crippen molar-refractivity contribution in [1.29, 1.82) is 0 Å². The second-order valence-electron chi connectivity index (χ2n) is 5.23. The predicted molar refractivity (Wildman–Crippen MR) is 80.7 cm³/mol. The van der Waals surface area contributed by atoms with Crippen LogP contribution in [0.1, 0.15) is 27.7 Å². The fraction of sp³-hybridized carbons (Fsp3) is 0.438. The molecule has 0 N–H and O–H groups in total. The fourth-order valence-corrected chi connectivity index (χ4v) is 1.78.